The van der Waals surface area contributed by atoms with Crippen molar-refractivity contribution in [3.05, 3.63) is 94.2 Å². The molecule has 6 aromatic rings. The smallest absolute Gasteiger partial charge is 0.244 e. The summed E-state index contributed by atoms with van der Waals surface area (Å²) < 4.78 is 21.1. The van der Waals surface area contributed by atoms with Gasteiger partial charge in [0.2, 0.25) is 11.8 Å². The molecule has 2 aromatic carbocycles. The fraction of sp³-hybridized carbons (Fsp3) is 0.179. The van der Waals surface area contributed by atoms with Crippen LogP contribution in [0.2, 0.25) is 5.02 Å². The van der Waals surface area contributed by atoms with Crippen LogP contribution in [-0.2, 0) is 13.7 Å². The summed E-state index contributed by atoms with van der Waals surface area (Å²) >= 11 is 6.28. The van der Waals surface area contributed by atoms with Crippen molar-refractivity contribution in [2.24, 2.45) is 7.05 Å². The molecule has 0 unspecified atom stereocenters. The lowest BCUT2D eigenvalue weighted by Crippen LogP contribution is -2.14. The topological polar surface area (TPSA) is 117 Å². The molecular formula is C28H23ClN8O3. The van der Waals surface area contributed by atoms with Crippen molar-refractivity contribution in [3.63, 3.8) is 0 Å². The molecule has 200 valence electrons. The fourth-order valence-corrected chi connectivity index (χ4v) is 5.25. The quantitative estimate of drug-likeness (QED) is 0.302. The standard InChI is InChI=1S/C28H23ClN8O3/c1-15-22-23(18-11-31-36(2)12-18)24-26-32-25(35-37(26)14-30-27(24)40-28(22)34-33-15)16-8-9-20(38-3)17(10-16)13-39-21-7-5-4-6-19(21)29/h4-12,14,23H,13H2,1-3H3,(H,33,34)/t23-/m1/s1. The van der Waals surface area contributed by atoms with Crippen molar-refractivity contribution in [2.45, 2.75) is 19.4 Å². The van der Waals surface area contributed by atoms with Gasteiger partial charge in [0, 0.05) is 41.2 Å². The number of para-hydroxylation sites is 1. The summed E-state index contributed by atoms with van der Waals surface area (Å²) in [6.07, 6.45) is 5.41. The molecule has 1 N–H and O–H groups in total. The number of aromatic amines is 1. The third kappa shape index (κ3) is 3.93. The van der Waals surface area contributed by atoms with Gasteiger partial charge in [-0.3, -0.25) is 9.78 Å². The molecule has 0 saturated carbocycles. The molecule has 0 bridgehead atoms. The summed E-state index contributed by atoms with van der Waals surface area (Å²) in [5, 5.41) is 17.1. The summed E-state index contributed by atoms with van der Waals surface area (Å²) in [6, 6.07) is 13.1. The zero-order chi connectivity index (χ0) is 27.4. The molecule has 0 aliphatic carbocycles. The molecule has 1 atom stereocenters. The number of hydrogen-bond acceptors (Lipinski definition) is 8. The van der Waals surface area contributed by atoms with E-state index in [0.717, 1.165) is 33.5 Å². The molecule has 1 aliphatic heterocycles. The fourth-order valence-electron chi connectivity index (χ4n) is 5.06. The maximum atomic E-state index is 6.28. The lowest BCUT2D eigenvalue weighted by molar-refractivity contribution is 0.297. The molecule has 0 spiro atoms. The number of fused-ring (bicyclic) bond motifs is 4. The number of nitrogens with one attached hydrogen (secondary N) is 1. The zero-order valence-corrected chi connectivity index (χ0v) is 22.5. The largest absolute Gasteiger partial charge is 0.496 e. The molecule has 0 saturated heterocycles. The number of rotatable bonds is 6. The number of H-pyrrole nitrogens is 1. The van der Waals surface area contributed by atoms with Crippen molar-refractivity contribution in [1.29, 1.82) is 0 Å². The van der Waals surface area contributed by atoms with Crippen LogP contribution in [0, 0.1) is 6.92 Å². The second kappa shape index (κ2) is 9.38. The van der Waals surface area contributed by atoms with E-state index in [9.17, 15) is 0 Å². The average molecular weight is 555 g/mol. The number of hydrogen-bond donors (Lipinski definition) is 1. The van der Waals surface area contributed by atoms with Crippen molar-refractivity contribution < 1.29 is 14.2 Å². The van der Waals surface area contributed by atoms with E-state index in [2.05, 4.69) is 20.3 Å². The van der Waals surface area contributed by atoms with Crippen LogP contribution in [0.4, 0.5) is 0 Å². The molecule has 7 rings (SSSR count). The Morgan fingerprint density at radius 2 is 1.98 bits per heavy atom. The minimum Gasteiger partial charge on any atom is -0.496 e. The Hall–Kier alpha value is -4.90. The maximum Gasteiger partial charge on any atom is 0.244 e. The lowest BCUT2D eigenvalue weighted by Gasteiger charge is -2.24. The number of ether oxygens (including phenoxy) is 3. The van der Waals surface area contributed by atoms with Crippen molar-refractivity contribution in [1.82, 2.24) is 39.6 Å². The number of halogens is 1. The van der Waals surface area contributed by atoms with Crippen LogP contribution in [0.5, 0.6) is 23.3 Å². The van der Waals surface area contributed by atoms with E-state index in [0.29, 0.717) is 39.8 Å². The summed E-state index contributed by atoms with van der Waals surface area (Å²) in [4.78, 5) is 9.53. The highest BCUT2D eigenvalue weighted by Crippen LogP contribution is 2.48. The maximum absolute atomic E-state index is 6.28. The van der Waals surface area contributed by atoms with E-state index in [1.165, 1.54) is 0 Å². The Bertz CT molecular complexity index is 1890. The van der Waals surface area contributed by atoms with Crippen molar-refractivity contribution in [3.8, 4) is 34.6 Å². The van der Waals surface area contributed by atoms with Gasteiger partial charge in [0.15, 0.2) is 11.5 Å². The number of methoxy groups -OCH3 is 1. The van der Waals surface area contributed by atoms with Crippen LogP contribution < -0.4 is 14.2 Å². The molecular weight excluding hydrogens is 532 g/mol. The van der Waals surface area contributed by atoms with Gasteiger partial charge in [0.1, 0.15) is 24.4 Å². The predicted molar refractivity (Wildman–Crippen MR) is 146 cm³/mol. The molecule has 0 radical (unpaired) electrons. The Kier molecular flexibility index (Phi) is 5.67. The third-order valence-electron chi connectivity index (χ3n) is 6.93. The Balaban J connectivity index is 1.32. The molecule has 4 aromatic heterocycles. The van der Waals surface area contributed by atoms with E-state index < -0.39 is 0 Å². The molecule has 12 heteroatoms. The van der Waals surface area contributed by atoms with Crippen LogP contribution in [-0.4, -0.2) is 46.7 Å². The number of nitrogens with zero attached hydrogens (tertiary/aromatic N) is 7. The van der Waals surface area contributed by atoms with Crippen LogP contribution in [0.15, 0.2) is 61.2 Å². The van der Waals surface area contributed by atoms with E-state index in [1.54, 1.807) is 28.7 Å². The molecule has 11 nitrogen and oxygen atoms in total. The highest BCUT2D eigenvalue weighted by atomic mass is 35.5. The monoisotopic (exact) mass is 554 g/mol. The third-order valence-corrected chi connectivity index (χ3v) is 7.25. The van der Waals surface area contributed by atoms with Crippen LogP contribution >= 0.6 is 11.6 Å². The number of aryl methyl sites for hydroxylation is 2. The first kappa shape index (κ1) is 24.2. The van der Waals surface area contributed by atoms with E-state index in [1.807, 2.05) is 62.8 Å². The second-order valence-electron chi connectivity index (χ2n) is 9.46. The first-order valence-corrected chi connectivity index (χ1v) is 12.9. The zero-order valence-electron chi connectivity index (χ0n) is 21.8. The van der Waals surface area contributed by atoms with Crippen LogP contribution in [0.25, 0.3) is 17.0 Å². The van der Waals surface area contributed by atoms with Crippen LogP contribution in [0.3, 0.4) is 0 Å². The van der Waals surface area contributed by atoms with Gasteiger partial charge in [0.25, 0.3) is 0 Å². The number of aromatic nitrogens is 8. The van der Waals surface area contributed by atoms with Gasteiger partial charge >= 0.3 is 0 Å². The SMILES string of the molecule is COc1ccc(-c2nc3c4c(ncn3n2)Oc2n[nH]c(C)c2[C@H]4c2cnn(C)c2)cc1COc1ccccc1Cl. The van der Waals surface area contributed by atoms with E-state index in [-0.39, 0.29) is 12.5 Å². The van der Waals surface area contributed by atoms with Gasteiger partial charge in [-0.25, -0.2) is 14.5 Å². The first-order chi connectivity index (χ1) is 19.5. The van der Waals surface area contributed by atoms with Crippen LogP contribution in [0.1, 0.15) is 33.9 Å². The normalized spacial score (nSPS) is 14.1. The Morgan fingerprint density at radius 1 is 1.10 bits per heavy atom. The summed E-state index contributed by atoms with van der Waals surface area (Å²) in [5.74, 6) is 2.49. The predicted octanol–water partition coefficient (Wildman–Crippen LogP) is 5.08. The summed E-state index contributed by atoms with van der Waals surface area (Å²) in [6.45, 7) is 2.22. The average Bonchev–Trinajstić information content (AvgIpc) is 3.69. The van der Waals surface area contributed by atoms with E-state index in [4.69, 9.17) is 35.9 Å². The van der Waals surface area contributed by atoms with Crippen molar-refractivity contribution >= 4 is 17.2 Å². The Morgan fingerprint density at radius 3 is 2.77 bits per heavy atom. The van der Waals surface area contributed by atoms with Gasteiger partial charge in [-0.1, -0.05) is 23.7 Å². The highest BCUT2D eigenvalue weighted by Gasteiger charge is 2.37. The molecule has 5 heterocycles. The minimum atomic E-state index is -0.241. The highest BCUT2D eigenvalue weighted by molar-refractivity contribution is 6.32. The molecule has 0 fully saturated rings. The molecule has 40 heavy (non-hydrogen) atoms. The van der Waals surface area contributed by atoms with Crippen molar-refractivity contribution in [2.75, 3.05) is 7.11 Å². The minimum absolute atomic E-state index is 0.241. The molecule has 1 aliphatic rings. The van der Waals surface area contributed by atoms with Gasteiger partial charge < -0.3 is 14.2 Å². The van der Waals surface area contributed by atoms with Gasteiger partial charge in [-0.05, 0) is 37.3 Å². The summed E-state index contributed by atoms with van der Waals surface area (Å²) in [5.41, 5.74) is 5.84. The number of benzene rings is 2. The summed E-state index contributed by atoms with van der Waals surface area (Å²) in [7, 11) is 3.51. The molecule has 0 amide bonds. The van der Waals surface area contributed by atoms with E-state index >= 15 is 0 Å². The lowest BCUT2D eigenvalue weighted by atomic mass is 9.86. The first-order valence-electron chi connectivity index (χ1n) is 12.5. The van der Waals surface area contributed by atoms with Gasteiger partial charge in [0.05, 0.1) is 29.8 Å². The Labute approximate surface area is 233 Å². The van der Waals surface area contributed by atoms with Gasteiger partial charge in [-0.2, -0.15) is 5.10 Å². The second-order valence-corrected chi connectivity index (χ2v) is 9.87. The van der Waals surface area contributed by atoms with Gasteiger partial charge in [-0.15, -0.1) is 10.2 Å².